The highest BCUT2D eigenvalue weighted by molar-refractivity contribution is 5.98. The van der Waals surface area contributed by atoms with Crippen LogP contribution in [0.5, 0.6) is 0 Å². The van der Waals surface area contributed by atoms with E-state index in [1.54, 1.807) is 31.2 Å². The predicted octanol–water partition coefficient (Wildman–Crippen LogP) is 1.19. The Labute approximate surface area is 140 Å². The Morgan fingerprint density at radius 3 is 2.17 bits per heavy atom. The third kappa shape index (κ3) is 5.06. The van der Waals surface area contributed by atoms with E-state index < -0.39 is 17.4 Å². The number of aliphatic carboxylic acids is 1. The molecule has 7 nitrogen and oxygen atoms in total. The van der Waals surface area contributed by atoms with Gasteiger partial charge >= 0.3 is 5.97 Å². The molecule has 0 saturated heterocycles. The van der Waals surface area contributed by atoms with Crippen LogP contribution in [0.15, 0.2) is 24.3 Å². The van der Waals surface area contributed by atoms with Crippen molar-refractivity contribution >= 4 is 17.8 Å². The molecule has 2 rings (SSSR count). The average molecular weight is 334 g/mol. The Bertz CT molecular complexity index is 624. The third-order valence-corrected chi connectivity index (χ3v) is 3.74. The first-order valence-corrected chi connectivity index (χ1v) is 7.77. The summed E-state index contributed by atoms with van der Waals surface area (Å²) in [5.74, 6) is -1.59. The number of rotatable bonds is 8. The van der Waals surface area contributed by atoms with Gasteiger partial charge in [-0.1, -0.05) is 0 Å². The van der Waals surface area contributed by atoms with E-state index in [1.165, 1.54) is 7.11 Å². The molecule has 2 amide bonds. The molecule has 0 radical (unpaired) electrons. The highest BCUT2D eigenvalue weighted by Crippen LogP contribution is 2.19. The molecule has 130 valence electrons. The molecule has 3 N–H and O–H groups in total. The lowest BCUT2D eigenvalue weighted by Crippen LogP contribution is -2.50. The van der Waals surface area contributed by atoms with E-state index in [-0.39, 0.29) is 25.0 Å². The maximum Gasteiger partial charge on any atom is 0.305 e. The number of benzene rings is 1. The van der Waals surface area contributed by atoms with Gasteiger partial charge in [0, 0.05) is 24.3 Å². The van der Waals surface area contributed by atoms with Crippen LogP contribution in [0.4, 0.5) is 0 Å². The van der Waals surface area contributed by atoms with Crippen LogP contribution in [0.1, 0.15) is 46.9 Å². The molecular formula is C17H22N2O5. The van der Waals surface area contributed by atoms with Gasteiger partial charge in [-0.15, -0.1) is 0 Å². The monoisotopic (exact) mass is 334 g/mol. The molecule has 7 heteroatoms. The first kappa shape index (κ1) is 17.9. The minimum absolute atomic E-state index is 0.0763. The Morgan fingerprint density at radius 1 is 1.17 bits per heavy atom. The third-order valence-electron chi connectivity index (χ3n) is 3.74. The molecule has 0 aromatic heterocycles. The summed E-state index contributed by atoms with van der Waals surface area (Å²) in [6.45, 7) is 1.69. The van der Waals surface area contributed by atoms with E-state index in [2.05, 4.69) is 10.6 Å². The van der Waals surface area contributed by atoms with Gasteiger partial charge in [-0.05, 0) is 44.0 Å². The van der Waals surface area contributed by atoms with Crippen molar-refractivity contribution in [3.05, 3.63) is 35.4 Å². The number of hydrogen-bond donors (Lipinski definition) is 3. The topological polar surface area (TPSA) is 105 Å². The number of carboxylic acids is 1. The summed E-state index contributed by atoms with van der Waals surface area (Å²) in [7, 11) is 1.44. The summed E-state index contributed by atoms with van der Waals surface area (Å²) in [6, 6.07) is 6.52. The Morgan fingerprint density at radius 2 is 1.71 bits per heavy atom. The number of carboxylic acid groups (broad SMARTS) is 1. The van der Waals surface area contributed by atoms with Crippen molar-refractivity contribution in [1.82, 2.24) is 10.6 Å². The van der Waals surface area contributed by atoms with Gasteiger partial charge in [0.15, 0.2) is 0 Å². The molecule has 1 aliphatic rings. The average Bonchev–Trinajstić information content (AvgIpc) is 3.30. The smallest absolute Gasteiger partial charge is 0.305 e. The number of hydrogen-bond acceptors (Lipinski definition) is 4. The van der Waals surface area contributed by atoms with E-state index in [9.17, 15) is 14.4 Å². The summed E-state index contributed by atoms with van der Waals surface area (Å²) >= 11 is 0. The zero-order chi connectivity index (χ0) is 17.7. The fourth-order valence-electron chi connectivity index (χ4n) is 2.40. The molecule has 1 unspecified atom stereocenters. The zero-order valence-corrected chi connectivity index (χ0v) is 13.8. The summed E-state index contributed by atoms with van der Waals surface area (Å²) in [4.78, 5) is 35.2. The van der Waals surface area contributed by atoms with Crippen molar-refractivity contribution in [3.63, 3.8) is 0 Å². The Kier molecular flexibility index (Phi) is 5.56. The van der Waals surface area contributed by atoms with Crippen LogP contribution < -0.4 is 10.6 Å². The number of carbonyl (C=O) groups is 3. The second-order valence-corrected chi connectivity index (χ2v) is 6.34. The number of ether oxygens (including phenoxy) is 1. The van der Waals surface area contributed by atoms with Crippen molar-refractivity contribution in [2.45, 2.75) is 37.8 Å². The van der Waals surface area contributed by atoms with Crippen molar-refractivity contribution in [2.24, 2.45) is 0 Å². The van der Waals surface area contributed by atoms with Gasteiger partial charge in [0.2, 0.25) is 0 Å². The standard InChI is InChI=1S/C17H22N2O5/c1-17(10-24-2,9-14(20)21)19-16(23)12-5-3-11(4-6-12)15(22)18-13-7-8-13/h3-6,13H,7-10H2,1-2H3,(H,18,22)(H,19,23)(H,20,21). The minimum Gasteiger partial charge on any atom is -0.481 e. The summed E-state index contributed by atoms with van der Waals surface area (Å²) < 4.78 is 5.01. The molecule has 1 aromatic rings. The van der Waals surface area contributed by atoms with Crippen molar-refractivity contribution < 1.29 is 24.2 Å². The number of methoxy groups -OCH3 is 1. The fraction of sp³-hybridized carbons (Fsp3) is 0.471. The summed E-state index contributed by atoms with van der Waals surface area (Å²) in [6.07, 6.45) is 1.76. The van der Waals surface area contributed by atoms with Gasteiger partial charge in [0.25, 0.3) is 11.8 Å². The van der Waals surface area contributed by atoms with Crippen LogP contribution in [0.25, 0.3) is 0 Å². The van der Waals surface area contributed by atoms with Crippen LogP contribution in [-0.4, -0.2) is 48.2 Å². The van der Waals surface area contributed by atoms with Gasteiger partial charge in [0.05, 0.1) is 18.6 Å². The molecule has 1 fully saturated rings. The molecule has 0 bridgehead atoms. The van der Waals surface area contributed by atoms with Gasteiger partial charge in [-0.3, -0.25) is 14.4 Å². The zero-order valence-electron chi connectivity index (χ0n) is 13.8. The molecule has 1 aliphatic carbocycles. The largest absolute Gasteiger partial charge is 0.481 e. The molecule has 24 heavy (non-hydrogen) atoms. The number of carbonyl (C=O) groups excluding carboxylic acids is 2. The predicted molar refractivity (Wildman–Crippen MR) is 86.9 cm³/mol. The Balaban J connectivity index is 2.02. The van der Waals surface area contributed by atoms with E-state index in [0.29, 0.717) is 11.1 Å². The first-order valence-electron chi connectivity index (χ1n) is 7.77. The van der Waals surface area contributed by atoms with E-state index in [4.69, 9.17) is 9.84 Å². The van der Waals surface area contributed by atoms with Crippen molar-refractivity contribution in [1.29, 1.82) is 0 Å². The number of nitrogens with one attached hydrogen (secondary N) is 2. The van der Waals surface area contributed by atoms with Crippen molar-refractivity contribution in [3.8, 4) is 0 Å². The van der Waals surface area contributed by atoms with Crippen LogP contribution >= 0.6 is 0 Å². The normalized spacial score (nSPS) is 16.1. The van der Waals surface area contributed by atoms with Gasteiger partial charge in [-0.2, -0.15) is 0 Å². The number of amides is 2. The van der Waals surface area contributed by atoms with E-state index in [0.717, 1.165) is 12.8 Å². The van der Waals surface area contributed by atoms with Gasteiger partial charge < -0.3 is 20.5 Å². The highest BCUT2D eigenvalue weighted by atomic mass is 16.5. The molecule has 1 saturated carbocycles. The maximum atomic E-state index is 12.3. The SMILES string of the molecule is COCC(C)(CC(=O)O)NC(=O)c1ccc(C(=O)NC2CC2)cc1. The van der Waals surface area contributed by atoms with Gasteiger partial charge in [-0.25, -0.2) is 0 Å². The molecule has 0 heterocycles. The highest BCUT2D eigenvalue weighted by Gasteiger charge is 2.30. The minimum atomic E-state index is -1.03. The second kappa shape index (κ2) is 7.44. The first-order chi connectivity index (χ1) is 11.3. The lowest BCUT2D eigenvalue weighted by atomic mass is 9.98. The lowest BCUT2D eigenvalue weighted by molar-refractivity contribution is -0.139. The van der Waals surface area contributed by atoms with Crippen LogP contribution in [0.3, 0.4) is 0 Å². The van der Waals surface area contributed by atoms with Crippen molar-refractivity contribution in [2.75, 3.05) is 13.7 Å². The summed E-state index contributed by atoms with van der Waals surface area (Å²) in [5.41, 5.74) is -0.172. The molecule has 1 atom stereocenters. The fourth-order valence-corrected chi connectivity index (χ4v) is 2.40. The molecule has 0 spiro atoms. The molecule has 0 aliphatic heterocycles. The summed E-state index contributed by atoms with van der Waals surface area (Å²) in [5, 5.41) is 14.5. The maximum absolute atomic E-state index is 12.3. The Hall–Kier alpha value is -2.41. The van der Waals surface area contributed by atoms with Crippen LogP contribution in [0, 0.1) is 0 Å². The lowest BCUT2D eigenvalue weighted by Gasteiger charge is -2.28. The van der Waals surface area contributed by atoms with Crippen LogP contribution in [0.2, 0.25) is 0 Å². The van der Waals surface area contributed by atoms with Crippen LogP contribution in [-0.2, 0) is 9.53 Å². The molecule has 1 aromatic carbocycles. The molecular weight excluding hydrogens is 312 g/mol. The van der Waals surface area contributed by atoms with E-state index >= 15 is 0 Å². The quantitative estimate of drug-likeness (QED) is 0.662. The van der Waals surface area contributed by atoms with Gasteiger partial charge in [0.1, 0.15) is 0 Å². The van der Waals surface area contributed by atoms with E-state index in [1.807, 2.05) is 0 Å². The second-order valence-electron chi connectivity index (χ2n) is 6.34.